The van der Waals surface area contributed by atoms with Crippen LogP contribution in [0.1, 0.15) is 21.6 Å². The molecule has 0 atom stereocenters. The van der Waals surface area contributed by atoms with Crippen LogP contribution in [-0.4, -0.2) is 40.6 Å². The van der Waals surface area contributed by atoms with E-state index >= 15 is 0 Å². The van der Waals surface area contributed by atoms with E-state index < -0.39 is 21.7 Å². The maximum absolute atomic E-state index is 13.5. The van der Waals surface area contributed by atoms with Gasteiger partial charge in [-0.3, -0.25) is 9.71 Å². The lowest BCUT2D eigenvalue weighted by atomic mass is 10.0. The molecule has 0 amide bonds. The smallest absolute Gasteiger partial charge is 0.262 e. The van der Waals surface area contributed by atoms with Crippen LogP contribution in [0.4, 0.5) is 21.5 Å². The van der Waals surface area contributed by atoms with Crippen molar-refractivity contribution >= 4 is 44.3 Å². The van der Waals surface area contributed by atoms with Gasteiger partial charge in [-0.25, -0.2) is 12.8 Å². The third-order valence-corrected chi connectivity index (χ3v) is 7.91. The second-order valence-corrected chi connectivity index (χ2v) is 10.7. The fraction of sp³-hybridized carbons (Fsp3) is 0.292. The average molecular weight is 503 g/mol. The predicted octanol–water partition coefficient (Wildman–Crippen LogP) is 3.89. The number of thiophene rings is 1. The first-order chi connectivity index (χ1) is 16.2. The van der Waals surface area contributed by atoms with Crippen LogP contribution in [0.15, 0.2) is 51.7 Å². The molecule has 10 heteroatoms. The Bertz CT molecular complexity index is 1350. The number of morpholine rings is 1. The molecule has 0 radical (unpaired) electrons. The van der Waals surface area contributed by atoms with E-state index in [1.807, 2.05) is 26.8 Å². The third-order valence-electron chi connectivity index (χ3n) is 5.64. The molecule has 7 nitrogen and oxygen atoms in total. The molecule has 0 aliphatic carbocycles. The number of aryl methyl sites for hydroxylation is 2. The van der Waals surface area contributed by atoms with Gasteiger partial charge in [-0.15, -0.1) is 11.3 Å². The molecule has 0 saturated carbocycles. The van der Waals surface area contributed by atoms with Crippen molar-refractivity contribution in [1.82, 2.24) is 0 Å². The van der Waals surface area contributed by atoms with E-state index in [2.05, 4.69) is 14.6 Å². The Kier molecular flexibility index (Phi) is 6.92. The maximum atomic E-state index is 13.5. The van der Waals surface area contributed by atoms with E-state index in [-0.39, 0.29) is 15.5 Å². The van der Waals surface area contributed by atoms with Gasteiger partial charge in [-0.2, -0.15) is 0 Å². The Morgan fingerprint density at radius 2 is 1.88 bits per heavy atom. The van der Waals surface area contributed by atoms with E-state index in [1.165, 1.54) is 18.2 Å². The second-order valence-electron chi connectivity index (χ2n) is 8.08. The summed E-state index contributed by atoms with van der Waals surface area (Å²) in [5.74, 6) is -1.21. The highest BCUT2D eigenvalue weighted by molar-refractivity contribution is 7.92. The van der Waals surface area contributed by atoms with Gasteiger partial charge in [-0.1, -0.05) is 12.1 Å². The fourth-order valence-electron chi connectivity index (χ4n) is 4.16. The minimum atomic E-state index is -4.07. The number of hydrogen-bond acceptors (Lipinski definition) is 7. The van der Waals surface area contributed by atoms with Crippen LogP contribution in [0.3, 0.4) is 0 Å². The zero-order valence-electron chi connectivity index (χ0n) is 19.1. The Hall–Kier alpha value is -2.95. The van der Waals surface area contributed by atoms with Crippen LogP contribution in [-0.2, 0) is 14.8 Å². The number of hydrogen-bond donors (Lipinski definition) is 1. The number of nitrogens with zero attached hydrogens (tertiary/aromatic N) is 2. The van der Waals surface area contributed by atoms with Crippen LogP contribution in [0, 0.1) is 26.6 Å². The Morgan fingerprint density at radius 1 is 1.15 bits per heavy atom. The first kappa shape index (κ1) is 24.2. The van der Waals surface area contributed by atoms with Crippen molar-refractivity contribution in [2.75, 3.05) is 35.9 Å². The molecule has 1 aliphatic rings. The summed E-state index contributed by atoms with van der Waals surface area (Å²) in [4.78, 5) is 6.56. The highest BCUT2D eigenvalue weighted by Gasteiger charge is 2.20. The molecule has 1 aromatic heterocycles. The van der Waals surface area contributed by atoms with Crippen LogP contribution in [0.2, 0.25) is 0 Å². The molecular weight excluding hydrogens is 477 g/mol. The summed E-state index contributed by atoms with van der Waals surface area (Å²) in [6.45, 7) is 8.68. The third kappa shape index (κ3) is 4.94. The van der Waals surface area contributed by atoms with Crippen LogP contribution in [0.5, 0.6) is 0 Å². The second kappa shape index (κ2) is 9.73. The monoisotopic (exact) mass is 502 g/mol. The molecule has 3 aromatic rings. The summed E-state index contributed by atoms with van der Waals surface area (Å²) in [5.41, 5.74) is 4.58. The molecular formula is C24H25FN3O4S2-. The molecule has 4 rings (SSSR count). The number of nitrogens with one attached hydrogen (secondary N) is 1. The number of sulfonamides is 1. The summed E-state index contributed by atoms with van der Waals surface area (Å²) in [7, 11) is -4.07. The van der Waals surface area contributed by atoms with Crippen molar-refractivity contribution in [3.8, 4) is 0 Å². The van der Waals surface area contributed by atoms with E-state index in [0.29, 0.717) is 18.9 Å². The Morgan fingerprint density at radius 3 is 2.59 bits per heavy atom. The van der Waals surface area contributed by atoms with Gasteiger partial charge in [0.25, 0.3) is 10.0 Å². The average Bonchev–Trinajstić information content (AvgIpc) is 3.24. The first-order valence-corrected chi connectivity index (χ1v) is 13.1. The quantitative estimate of drug-likeness (QED) is 0.408. The highest BCUT2D eigenvalue weighted by atomic mass is 32.2. The molecule has 0 unspecified atom stereocenters. The standard InChI is InChI=1S/C24H26FN3O4S2/c1-15-13-16(2)22(28-8-10-32-11-9-28)17(3)21(15)26-24(29)23-20(7-12-33-23)27-34(30,31)19-6-4-5-18(25)14-19/h4-7,12-14,27H,8-11H2,1-3H3,(H,26,29)/p-1. The molecule has 1 aliphatic heterocycles. The van der Waals surface area contributed by atoms with Gasteiger partial charge in [0.1, 0.15) is 5.82 Å². The normalized spacial score (nSPS) is 14.9. The SMILES string of the molecule is Cc1cc(C)c(N2CCOCC2)c(C)c1N=C([O-])c1sccc1NS(=O)(=O)c1cccc(F)c1. The lowest BCUT2D eigenvalue weighted by Gasteiger charge is -2.32. The van der Waals surface area contributed by atoms with Gasteiger partial charge in [0.2, 0.25) is 0 Å². The van der Waals surface area contributed by atoms with Gasteiger partial charge in [0.15, 0.2) is 0 Å². The number of rotatable bonds is 6. The molecule has 180 valence electrons. The zero-order chi connectivity index (χ0) is 24.5. The fourth-order valence-corrected chi connectivity index (χ4v) is 6.06. The Labute approximate surface area is 202 Å². The molecule has 34 heavy (non-hydrogen) atoms. The van der Waals surface area contributed by atoms with Gasteiger partial charge in [-0.05, 0) is 67.1 Å². The predicted molar refractivity (Wildman–Crippen MR) is 131 cm³/mol. The maximum Gasteiger partial charge on any atom is 0.262 e. The lowest BCUT2D eigenvalue weighted by Crippen LogP contribution is -2.37. The molecule has 2 aromatic carbocycles. The number of anilines is 2. The highest BCUT2D eigenvalue weighted by Crippen LogP contribution is 2.36. The Balaban J connectivity index is 1.69. The number of aliphatic imine (C=N–C) groups is 1. The molecule has 1 fully saturated rings. The lowest BCUT2D eigenvalue weighted by molar-refractivity contribution is -0.212. The molecule has 0 bridgehead atoms. The summed E-state index contributed by atoms with van der Waals surface area (Å²) < 4.78 is 46.8. The van der Waals surface area contributed by atoms with E-state index in [1.54, 1.807) is 5.38 Å². The topological polar surface area (TPSA) is 94.1 Å². The summed E-state index contributed by atoms with van der Waals surface area (Å²) in [6, 6.07) is 8.19. The van der Waals surface area contributed by atoms with Crippen molar-refractivity contribution in [2.24, 2.45) is 4.99 Å². The van der Waals surface area contributed by atoms with Gasteiger partial charge in [0.05, 0.1) is 34.4 Å². The van der Waals surface area contributed by atoms with E-state index in [0.717, 1.165) is 58.9 Å². The number of benzene rings is 2. The molecule has 1 saturated heterocycles. The minimum absolute atomic E-state index is 0.110. The van der Waals surface area contributed by atoms with Crippen LogP contribution in [0.25, 0.3) is 0 Å². The van der Waals surface area contributed by atoms with Crippen LogP contribution < -0.4 is 14.7 Å². The van der Waals surface area contributed by atoms with E-state index in [9.17, 15) is 17.9 Å². The molecule has 0 spiro atoms. The number of halogens is 1. The van der Waals surface area contributed by atoms with Gasteiger partial charge < -0.3 is 14.7 Å². The minimum Gasteiger partial charge on any atom is -0.858 e. The zero-order valence-corrected chi connectivity index (χ0v) is 20.7. The van der Waals surface area contributed by atoms with Crippen molar-refractivity contribution < 1.29 is 22.7 Å². The van der Waals surface area contributed by atoms with Crippen molar-refractivity contribution in [1.29, 1.82) is 0 Å². The first-order valence-electron chi connectivity index (χ1n) is 10.7. The number of ether oxygens (including phenoxy) is 1. The summed E-state index contributed by atoms with van der Waals surface area (Å²) in [5, 5.41) is 14.8. The van der Waals surface area contributed by atoms with Gasteiger partial charge >= 0.3 is 0 Å². The van der Waals surface area contributed by atoms with Crippen molar-refractivity contribution in [2.45, 2.75) is 25.7 Å². The van der Waals surface area contributed by atoms with E-state index in [4.69, 9.17) is 4.74 Å². The van der Waals surface area contributed by atoms with Crippen molar-refractivity contribution in [3.05, 3.63) is 69.2 Å². The largest absolute Gasteiger partial charge is 0.858 e. The molecule has 2 heterocycles. The molecule has 1 N–H and O–H groups in total. The van der Waals surface area contributed by atoms with Crippen molar-refractivity contribution in [3.63, 3.8) is 0 Å². The van der Waals surface area contributed by atoms with Crippen LogP contribution >= 0.6 is 11.3 Å². The van der Waals surface area contributed by atoms with Gasteiger partial charge in [0, 0.05) is 24.7 Å². The summed E-state index contributed by atoms with van der Waals surface area (Å²) in [6.07, 6.45) is 0. The summed E-state index contributed by atoms with van der Waals surface area (Å²) >= 11 is 1.09.